The molecular weight excluding hydrogens is 449 g/mol. The predicted octanol–water partition coefficient (Wildman–Crippen LogP) is 3.90. The zero-order valence-corrected chi connectivity index (χ0v) is 18.7. The van der Waals surface area contributed by atoms with Crippen LogP contribution in [0.5, 0.6) is 0 Å². The lowest BCUT2D eigenvalue weighted by molar-refractivity contribution is -0.125. The van der Waals surface area contributed by atoms with Crippen molar-refractivity contribution in [3.8, 4) is 0 Å². The molecule has 0 spiro atoms. The quantitative estimate of drug-likeness (QED) is 0.589. The first-order chi connectivity index (χ1) is 15.5. The predicted molar refractivity (Wildman–Crippen MR) is 123 cm³/mol. The van der Waals surface area contributed by atoms with Crippen LogP contribution in [0.3, 0.4) is 0 Å². The normalized spacial score (nSPS) is 20.8. The molecule has 2 amide bonds. The highest BCUT2D eigenvalue weighted by atomic mass is 35.5. The number of aromatic amines is 1. The van der Waals surface area contributed by atoms with Gasteiger partial charge in [-0.3, -0.25) is 14.7 Å². The first-order valence-electron chi connectivity index (χ1n) is 10.5. The van der Waals surface area contributed by atoms with Gasteiger partial charge in [0.25, 0.3) is 5.91 Å². The fourth-order valence-electron chi connectivity index (χ4n) is 4.63. The molecule has 2 atom stereocenters. The molecule has 1 N–H and O–H groups in total. The van der Waals surface area contributed by atoms with Gasteiger partial charge in [-0.15, -0.1) is 5.10 Å². The van der Waals surface area contributed by atoms with Crippen molar-refractivity contribution in [3.05, 3.63) is 63.6 Å². The lowest BCUT2D eigenvalue weighted by atomic mass is 9.88. The molecule has 0 radical (unpaired) electrons. The van der Waals surface area contributed by atoms with Crippen LogP contribution in [0.15, 0.2) is 42.5 Å². The van der Waals surface area contributed by atoms with Crippen LogP contribution in [-0.2, 0) is 4.79 Å². The Morgan fingerprint density at radius 3 is 2.56 bits per heavy atom. The van der Waals surface area contributed by atoms with Gasteiger partial charge < -0.3 is 9.80 Å². The third kappa shape index (κ3) is 4.23. The largest absolute Gasteiger partial charge is 0.339 e. The second kappa shape index (κ2) is 8.56. The summed E-state index contributed by atoms with van der Waals surface area (Å²) in [5.74, 6) is 0.650. The van der Waals surface area contributed by atoms with Crippen molar-refractivity contribution >= 4 is 52.1 Å². The van der Waals surface area contributed by atoms with Crippen molar-refractivity contribution in [2.24, 2.45) is 11.8 Å². The Bertz CT molecular complexity index is 1200. The smallest absolute Gasteiger partial charge is 0.253 e. The summed E-state index contributed by atoms with van der Waals surface area (Å²) in [6.07, 6.45) is 4.19. The van der Waals surface area contributed by atoms with Crippen LogP contribution in [0, 0.1) is 11.8 Å². The van der Waals surface area contributed by atoms with Gasteiger partial charge in [0.2, 0.25) is 5.91 Å². The number of benzene rings is 2. The Labute approximate surface area is 195 Å². The average Bonchev–Trinajstić information content (AvgIpc) is 3.42. The van der Waals surface area contributed by atoms with Gasteiger partial charge in [0.15, 0.2) is 0 Å². The number of halogens is 2. The molecule has 0 aliphatic carbocycles. The zero-order chi connectivity index (χ0) is 22.2. The van der Waals surface area contributed by atoms with Crippen LogP contribution in [0.1, 0.15) is 22.3 Å². The molecule has 5 rings (SSSR count). The van der Waals surface area contributed by atoms with E-state index < -0.39 is 0 Å². The Hall–Kier alpha value is -2.90. The number of rotatable bonds is 3. The number of piperidine rings is 1. The first kappa shape index (κ1) is 21.0. The fraction of sp³-hybridized carbons (Fsp3) is 0.304. The Kier molecular flexibility index (Phi) is 5.61. The van der Waals surface area contributed by atoms with Gasteiger partial charge in [-0.1, -0.05) is 28.4 Å². The summed E-state index contributed by atoms with van der Waals surface area (Å²) in [6, 6.07) is 10.6. The van der Waals surface area contributed by atoms with Crippen LogP contribution in [0.25, 0.3) is 17.1 Å². The van der Waals surface area contributed by atoms with Crippen molar-refractivity contribution in [2.75, 3.05) is 26.2 Å². The number of fused-ring (bicyclic) bond motifs is 2. The molecule has 0 saturated carbocycles. The van der Waals surface area contributed by atoms with Gasteiger partial charge in [0.1, 0.15) is 5.52 Å². The lowest BCUT2D eigenvalue weighted by Crippen LogP contribution is -2.43. The highest BCUT2D eigenvalue weighted by molar-refractivity contribution is 6.34. The molecule has 3 aromatic rings. The standard InChI is InChI=1S/C23H21Cl2N5O2/c24-18-7-14(8-19(25)10-18)1-4-22(31)30-11-16-5-6-29(12-17(16)13-30)23(32)15-2-3-20-21(9-15)27-28-26-20/h1-4,7-10,16-17H,5-6,11-13H2,(H,26,27,28)/t16-,17-/m0/s1. The van der Waals surface area contributed by atoms with Crippen LogP contribution < -0.4 is 0 Å². The van der Waals surface area contributed by atoms with Gasteiger partial charge in [0.05, 0.1) is 5.52 Å². The molecule has 0 bridgehead atoms. The summed E-state index contributed by atoms with van der Waals surface area (Å²) in [6.45, 7) is 2.71. The lowest BCUT2D eigenvalue weighted by Gasteiger charge is -2.34. The molecule has 3 heterocycles. The maximum Gasteiger partial charge on any atom is 0.253 e. The van der Waals surface area contributed by atoms with Crippen LogP contribution >= 0.6 is 23.2 Å². The summed E-state index contributed by atoms with van der Waals surface area (Å²) in [7, 11) is 0. The molecule has 9 heteroatoms. The van der Waals surface area contributed by atoms with Crippen LogP contribution in [0.2, 0.25) is 10.0 Å². The summed E-state index contributed by atoms with van der Waals surface area (Å²) in [4.78, 5) is 29.5. The Balaban J connectivity index is 1.23. The topological polar surface area (TPSA) is 82.2 Å². The highest BCUT2D eigenvalue weighted by Gasteiger charge is 2.39. The zero-order valence-electron chi connectivity index (χ0n) is 17.2. The van der Waals surface area contributed by atoms with Crippen molar-refractivity contribution in [3.63, 3.8) is 0 Å². The van der Waals surface area contributed by atoms with Crippen molar-refractivity contribution in [1.82, 2.24) is 25.2 Å². The van der Waals surface area contributed by atoms with Crippen molar-refractivity contribution in [1.29, 1.82) is 0 Å². The Morgan fingerprint density at radius 1 is 1.00 bits per heavy atom. The van der Waals surface area contributed by atoms with E-state index in [0.29, 0.717) is 46.7 Å². The third-order valence-electron chi connectivity index (χ3n) is 6.28. The molecule has 2 saturated heterocycles. The molecule has 1 aromatic heterocycles. The van der Waals surface area contributed by atoms with E-state index in [9.17, 15) is 9.59 Å². The average molecular weight is 470 g/mol. The van der Waals surface area contributed by atoms with Crippen molar-refractivity contribution in [2.45, 2.75) is 6.42 Å². The van der Waals surface area contributed by atoms with Crippen molar-refractivity contribution < 1.29 is 9.59 Å². The number of nitrogens with one attached hydrogen (secondary N) is 1. The summed E-state index contributed by atoms with van der Waals surface area (Å²) < 4.78 is 0. The molecule has 0 unspecified atom stereocenters. The van der Waals surface area contributed by atoms with E-state index in [-0.39, 0.29) is 17.7 Å². The molecule has 164 valence electrons. The number of carbonyl (C=O) groups excluding carboxylic acids is 2. The highest BCUT2D eigenvalue weighted by Crippen LogP contribution is 2.32. The molecule has 7 nitrogen and oxygen atoms in total. The molecule has 2 aliphatic rings. The summed E-state index contributed by atoms with van der Waals surface area (Å²) in [5.41, 5.74) is 2.88. The molecule has 2 fully saturated rings. The first-order valence-corrected chi connectivity index (χ1v) is 11.2. The number of H-pyrrole nitrogens is 1. The van der Waals surface area contributed by atoms with Gasteiger partial charge in [-0.25, -0.2) is 0 Å². The van der Waals surface area contributed by atoms with Crippen LogP contribution in [-0.4, -0.2) is 63.2 Å². The van der Waals surface area contributed by atoms with Crippen LogP contribution in [0.4, 0.5) is 0 Å². The number of carbonyl (C=O) groups is 2. The van der Waals surface area contributed by atoms with E-state index in [1.54, 1.807) is 42.5 Å². The summed E-state index contributed by atoms with van der Waals surface area (Å²) in [5, 5.41) is 11.6. The SMILES string of the molecule is O=C(C=Cc1cc(Cl)cc(Cl)c1)N1C[C@@H]2CN(C(=O)c3ccc4[nH]nnc4c3)CC[C@H]2C1. The van der Waals surface area contributed by atoms with E-state index in [0.717, 1.165) is 24.0 Å². The molecule has 2 aromatic carbocycles. The maximum atomic E-state index is 13.0. The van der Waals surface area contributed by atoms with E-state index >= 15 is 0 Å². The second-order valence-corrected chi connectivity index (χ2v) is 9.26. The fourth-order valence-corrected chi connectivity index (χ4v) is 5.18. The minimum Gasteiger partial charge on any atom is -0.339 e. The van der Waals surface area contributed by atoms with E-state index in [1.165, 1.54) is 0 Å². The number of hydrogen-bond donors (Lipinski definition) is 1. The minimum atomic E-state index is -0.0372. The molecule has 2 aliphatic heterocycles. The van der Waals surface area contributed by atoms with Gasteiger partial charge in [-0.05, 0) is 66.3 Å². The number of aromatic nitrogens is 3. The van der Waals surface area contributed by atoms with Gasteiger partial charge in [-0.2, -0.15) is 0 Å². The third-order valence-corrected chi connectivity index (χ3v) is 6.71. The van der Waals surface area contributed by atoms with Gasteiger partial charge in [0, 0.05) is 47.9 Å². The second-order valence-electron chi connectivity index (χ2n) is 8.38. The van der Waals surface area contributed by atoms with E-state index in [4.69, 9.17) is 23.2 Å². The number of hydrogen-bond acceptors (Lipinski definition) is 4. The minimum absolute atomic E-state index is 0.00384. The number of likely N-dealkylation sites (tertiary alicyclic amines) is 2. The summed E-state index contributed by atoms with van der Waals surface area (Å²) >= 11 is 12.1. The van der Waals surface area contributed by atoms with E-state index in [1.807, 2.05) is 15.9 Å². The van der Waals surface area contributed by atoms with E-state index in [2.05, 4.69) is 15.4 Å². The maximum absolute atomic E-state index is 13.0. The molecular formula is C23H21Cl2N5O2. The number of nitrogens with zero attached hydrogens (tertiary/aromatic N) is 4. The monoisotopic (exact) mass is 469 g/mol. The molecule has 32 heavy (non-hydrogen) atoms. The number of amides is 2. The van der Waals surface area contributed by atoms with Gasteiger partial charge >= 0.3 is 0 Å². The Morgan fingerprint density at radius 2 is 1.75 bits per heavy atom.